The van der Waals surface area contributed by atoms with Crippen molar-refractivity contribution in [2.45, 2.75) is 6.04 Å². The summed E-state index contributed by atoms with van der Waals surface area (Å²) in [5, 5.41) is 3.09. The Morgan fingerprint density at radius 2 is 1.86 bits per heavy atom. The van der Waals surface area contributed by atoms with Gasteiger partial charge in [-0.15, -0.1) is 0 Å². The maximum atomic E-state index is 12.6. The average molecular weight is 385 g/mol. The normalized spacial score (nSPS) is 17.2. The summed E-state index contributed by atoms with van der Waals surface area (Å²) in [4.78, 5) is 14.0. The fraction of sp³-hybridized carbons (Fsp3) is 0.381. The molecule has 2 aliphatic rings. The lowest BCUT2D eigenvalue weighted by Gasteiger charge is -2.32. The zero-order valence-corrected chi connectivity index (χ0v) is 15.9. The minimum atomic E-state index is -0.0962. The molecule has 2 aromatic rings. The fourth-order valence-corrected chi connectivity index (χ4v) is 3.65. The number of quaternary nitrogens is 1. The van der Waals surface area contributed by atoms with Crippen LogP contribution in [0.15, 0.2) is 42.5 Å². The van der Waals surface area contributed by atoms with Crippen LogP contribution >= 0.6 is 0 Å². The number of fused-ring (bicyclic) bond motifs is 1. The number of benzene rings is 2. The molecular weight excluding hydrogens is 360 g/mol. The number of morpholine rings is 1. The summed E-state index contributed by atoms with van der Waals surface area (Å²) >= 11 is 0. The van der Waals surface area contributed by atoms with E-state index in [0.29, 0.717) is 12.1 Å². The highest BCUT2D eigenvalue weighted by atomic mass is 16.7. The van der Waals surface area contributed by atoms with Crippen LogP contribution in [-0.4, -0.2) is 52.7 Å². The van der Waals surface area contributed by atoms with Crippen LogP contribution in [0.3, 0.4) is 0 Å². The van der Waals surface area contributed by atoms with Gasteiger partial charge < -0.3 is 29.2 Å². The Balaban J connectivity index is 1.49. The lowest BCUT2D eigenvalue weighted by atomic mass is 10.0. The second kappa shape index (κ2) is 8.50. The smallest absolute Gasteiger partial charge is 0.251 e. The zero-order valence-electron chi connectivity index (χ0n) is 15.9. The Morgan fingerprint density at radius 1 is 1.11 bits per heavy atom. The molecule has 1 fully saturated rings. The van der Waals surface area contributed by atoms with Gasteiger partial charge in [0.1, 0.15) is 24.9 Å². The van der Waals surface area contributed by atoms with Crippen molar-refractivity contribution in [2.24, 2.45) is 0 Å². The van der Waals surface area contributed by atoms with E-state index in [9.17, 15) is 4.79 Å². The minimum absolute atomic E-state index is 0.0962. The average Bonchev–Trinajstić information content (AvgIpc) is 3.22. The quantitative estimate of drug-likeness (QED) is 0.770. The van der Waals surface area contributed by atoms with Gasteiger partial charge in [0.2, 0.25) is 6.79 Å². The molecule has 4 rings (SSSR count). The first-order valence-electron chi connectivity index (χ1n) is 9.49. The monoisotopic (exact) mass is 385 g/mol. The Hall–Kier alpha value is -2.77. The van der Waals surface area contributed by atoms with Crippen molar-refractivity contribution < 1.29 is 28.6 Å². The van der Waals surface area contributed by atoms with Gasteiger partial charge in [0.15, 0.2) is 11.5 Å². The van der Waals surface area contributed by atoms with Crippen LogP contribution in [0, 0.1) is 0 Å². The first kappa shape index (κ1) is 18.6. The third-order valence-corrected chi connectivity index (χ3v) is 5.25. The molecule has 7 heteroatoms. The van der Waals surface area contributed by atoms with Crippen molar-refractivity contribution in [3.63, 3.8) is 0 Å². The Labute approximate surface area is 164 Å². The molecule has 2 aromatic carbocycles. The van der Waals surface area contributed by atoms with E-state index >= 15 is 0 Å². The van der Waals surface area contributed by atoms with Gasteiger partial charge in [0.25, 0.3) is 5.91 Å². The maximum absolute atomic E-state index is 12.6. The highest BCUT2D eigenvalue weighted by Gasteiger charge is 2.28. The summed E-state index contributed by atoms with van der Waals surface area (Å²) < 4.78 is 21.6. The number of amides is 1. The van der Waals surface area contributed by atoms with Crippen molar-refractivity contribution in [3.8, 4) is 17.2 Å². The zero-order chi connectivity index (χ0) is 19.3. The standard InChI is InChI=1S/C21H24N2O5/c1-25-17-5-2-15(3-6-17)21(24)22-13-18(23-8-10-26-11-9-23)16-4-7-19-20(12-16)28-14-27-19/h2-7,12,18H,8-11,13-14H2,1H3,(H,22,24)/p+1/t18-/m0/s1. The maximum Gasteiger partial charge on any atom is 0.251 e. The van der Waals surface area contributed by atoms with Crippen LogP contribution in [0.2, 0.25) is 0 Å². The molecule has 0 saturated carbocycles. The van der Waals surface area contributed by atoms with Crippen LogP contribution in [0.25, 0.3) is 0 Å². The van der Waals surface area contributed by atoms with Gasteiger partial charge in [-0.2, -0.15) is 0 Å². The number of methoxy groups -OCH3 is 1. The molecule has 2 N–H and O–H groups in total. The molecule has 0 aliphatic carbocycles. The number of ether oxygens (including phenoxy) is 4. The predicted octanol–water partition coefficient (Wildman–Crippen LogP) is 0.810. The summed E-state index contributed by atoms with van der Waals surface area (Å²) in [5.41, 5.74) is 1.73. The molecule has 7 nitrogen and oxygen atoms in total. The van der Waals surface area contributed by atoms with Gasteiger partial charge >= 0.3 is 0 Å². The van der Waals surface area contributed by atoms with Crippen molar-refractivity contribution >= 4 is 5.91 Å². The second-order valence-electron chi connectivity index (χ2n) is 6.87. The molecule has 1 amide bonds. The van der Waals surface area contributed by atoms with Gasteiger partial charge in [-0.3, -0.25) is 4.79 Å². The van der Waals surface area contributed by atoms with Crippen LogP contribution in [0.1, 0.15) is 22.0 Å². The van der Waals surface area contributed by atoms with Crippen LogP contribution in [-0.2, 0) is 4.74 Å². The van der Waals surface area contributed by atoms with Crippen LogP contribution < -0.4 is 24.4 Å². The van der Waals surface area contributed by atoms with E-state index in [1.807, 2.05) is 12.1 Å². The number of hydrogen-bond acceptors (Lipinski definition) is 5. The number of hydrogen-bond donors (Lipinski definition) is 2. The lowest BCUT2D eigenvalue weighted by Crippen LogP contribution is -3.15. The third kappa shape index (κ3) is 4.05. The first-order valence-corrected chi connectivity index (χ1v) is 9.49. The molecule has 148 valence electrons. The molecule has 0 unspecified atom stereocenters. The van der Waals surface area contributed by atoms with Gasteiger partial charge in [-0.25, -0.2) is 0 Å². The lowest BCUT2D eigenvalue weighted by molar-refractivity contribution is -0.937. The molecule has 1 atom stereocenters. The molecule has 0 bridgehead atoms. The summed E-state index contributed by atoms with van der Waals surface area (Å²) in [7, 11) is 1.61. The second-order valence-corrected chi connectivity index (χ2v) is 6.87. The summed E-state index contributed by atoms with van der Waals surface area (Å²) in [6.07, 6.45) is 0. The van der Waals surface area contributed by atoms with E-state index in [1.165, 1.54) is 4.90 Å². The van der Waals surface area contributed by atoms with Crippen molar-refractivity contribution in [2.75, 3.05) is 46.8 Å². The molecule has 0 aromatic heterocycles. The summed E-state index contributed by atoms with van der Waals surface area (Å²) in [6.45, 7) is 4.03. The highest BCUT2D eigenvalue weighted by molar-refractivity contribution is 5.94. The van der Waals surface area contributed by atoms with Gasteiger partial charge in [-0.05, 0) is 42.5 Å². The van der Waals surface area contributed by atoms with Crippen molar-refractivity contribution in [3.05, 3.63) is 53.6 Å². The largest absolute Gasteiger partial charge is 0.497 e. The molecular formula is C21H25N2O5+. The van der Waals surface area contributed by atoms with E-state index in [-0.39, 0.29) is 18.7 Å². The number of carbonyl (C=O) groups is 1. The molecule has 28 heavy (non-hydrogen) atoms. The first-order chi connectivity index (χ1) is 13.7. The minimum Gasteiger partial charge on any atom is -0.497 e. The van der Waals surface area contributed by atoms with E-state index in [0.717, 1.165) is 49.1 Å². The Morgan fingerprint density at radius 3 is 2.61 bits per heavy atom. The summed E-state index contributed by atoms with van der Waals surface area (Å²) in [6, 6.07) is 13.2. The van der Waals surface area contributed by atoms with Crippen molar-refractivity contribution in [1.82, 2.24) is 5.32 Å². The van der Waals surface area contributed by atoms with Gasteiger partial charge in [-0.1, -0.05) is 0 Å². The van der Waals surface area contributed by atoms with E-state index in [4.69, 9.17) is 18.9 Å². The highest BCUT2D eigenvalue weighted by Crippen LogP contribution is 2.33. The van der Waals surface area contributed by atoms with Crippen LogP contribution in [0.5, 0.6) is 17.2 Å². The predicted molar refractivity (Wildman–Crippen MR) is 102 cm³/mol. The van der Waals surface area contributed by atoms with Crippen molar-refractivity contribution in [1.29, 1.82) is 0 Å². The van der Waals surface area contributed by atoms with E-state index in [1.54, 1.807) is 31.4 Å². The van der Waals surface area contributed by atoms with Gasteiger partial charge in [0.05, 0.1) is 26.9 Å². The molecule has 0 radical (unpaired) electrons. The SMILES string of the molecule is COc1ccc(C(=O)NC[C@@H](c2ccc3c(c2)OCO3)[NH+]2CCOCC2)cc1. The van der Waals surface area contributed by atoms with Crippen LogP contribution in [0.4, 0.5) is 0 Å². The number of rotatable bonds is 6. The fourth-order valence-electron chi connectivity index (χ4n) is 3.65. The number of nitrogens with one attached hydrogen (secondary N) is 2. The molecule has 2 heterocycles. The Kier molecular flexibility index (Phi) is 5.64. The topological polar surface area (TPSA) is 70.5 Å². The van der Waals surface area contributed by atoms with E-state index in [2.05, 4.69) is 11.4 Å². The Bertz CT molecular complexity index is 818. The molecule has 0 spiro atoms. The third-order valence-electron chi connectivity index (χ3n) is 5.25. The summed E-state index contributed by atoms with van der Waals surface area (Å²) in [5.74, 6) is 2.16. The molecule has 2 aliphatic heterocycles. The van der Waals surface area contributed by atoms with Gasteiger partial charge in [0, 0.05) is 11.1 Å². The molecule has 1 saturated heterocycles. The van der Waals surface area contributed by atoms with E-state index < -0.39 is 0 Å². The number of carbonyl (C=O) groups excluding carboxylic acids is 1.